The van der Waals surface area contributed by atoms with Crippen molar-refractivity contribution in [2.24, 2.45) is 0 Å². The number of rotatable bonds is 6. The fourth-order valence-electron chi connectivity index (χ4n) is 1.70. The molecule has 1 heterocycles. The Morgan fingerprint density at radius 3 is 2.90 bits per heavy atom. The van der Waals surface area contributed by atoms with E-state index in [0.717, 1.165) is 22.9 Å². The molecule has 2 N–H and O–H groups in total. The number of carbonyl (C=O) groups excluding carboxylic acids is 1. The van der Waals surface area contributed by atoms with Gasteiger partial charge in [-0.1, -0.05) is 24.6 Å². The van der Waals surface area contributed by atoms with Gasteiger partial charge in [-0.3, -0.25) is 4.79 Å². The van der Waals surface area contributed by atoms with Crippen LogP contribution in [0.4, 0.5) is 5.13 Å². The lowest BCUT2D eigenvalue weighted by Gasteiger charge is -2.06. The van der Waals surface area contributed by atoms with Gasteiger partial charge in [-0.05, 0) is 19.1 Å². The average Bonchev–Trinajstić information content (AvgIpc) is 2.91. The molecule has 2 rings (SSSR count). The Labute approximate surface area is 122 Å². The Hall–Kier alpha value is -1.95. The number of carbonyl (C=O) groups is 1. The molecular weight excluding hydrogens is 272 g/mol. The predicted octanol–water partition coefficient (Wildman–Crippen LogP) is 2.25. The highest BCUT2D eigenvalue weighted by molar-refractivity contribution is 7.09. The van der Waals surface area contributed by atoms with Gasteiger partial charge < -0.3 is 10.6 Å². The smallest absolute Gasteiger partial charge is 0.251 e. The Bertz CT molecular complexity index is 582. The second kappa shape index (κ2) is 7.00. The molecule has 6 heteroatoms. The Morgan fingerprint density at radius 2 is 2.20 bits per heavy atom. The summed E-state index contributed by atoms with van der Waals surface area (Å²) in [5.74, 6) is 0.795. The molecule has 0 aliphatic carbocycles. The first kappa shape index (κ1) is 14.5. The Balaban J connectivity index is 1.74. The molecule has 5 nitrogen and oxygen atoms in total. The van der Waals surface area contributed by atoms with Gasteiger partial charge in [0.1, 0.15) is 5.82 Å². The number of hydrogen-bond acceptors (Lipinski definition) is 5. The first-order valence-electron chi connectivity index (χ1n) is 6.60. The number of hydrogen-bond donors (Lipinski definition) is 2. The minimum absolute atomic E-state index is 0.0537. The summed E-state index contributed by atoms with van der Waals surface area (Å²) >= 11 is 1.35. The molecule has 1 aromatic heterocycles. The van der Waals surface area contributed by atoms with Crippen LogP contribution in [0.15, 0.2) is 24.3 Å². The molecule has 0 saturated heterocycles. The van der Waals surface area contributed by atoms with E-state index < -0.39 is 0 Å². The quantitative estimate of drug-likeness (QED) is 0.801. The van der Waals surface area contributed by atoms with E-state index in [1.165, 1.54) is 11.5 Å². The molecular formula is C14H18N4OS. The fraction of sp³-hybridized carbons (Fsp3) is 0.357. The third kappa shape index (κ3) is 4.03. The minimum Gasteiger partial charge on any atom is -0.359 e. The lowest BCUT2D eigenvalue weighted by molar-refractivity contribution is 0.0955. The van der Waals surface area contributed by atoms with Crippen molar-refractivity contribution in [3.63, 3.8) is 0 Å². The lowest BCUT2D eigenvalue weighted by Crippen LogP contribution is -2.28. The monoisotopic (exact) mass is 290 g/mol. The first-order valence-corrected chi connectivity index (χ1v) is 7.37. The maximum Gasteiger partial charge on any atom is 0.251 e. The third-order valence-corrected chi connectivity index (χ3v) is 3.46. The summed E-state index contributed by atoms with van der Waals surface area (Å²) in [7, 11) is 0. The van der Waals surface area contributed by atoms with Gasteiger partial charge in [0.05, 0.1) is 0 Å². The third-order valence-electron chi connectivity index (χ3n) is 2.75. The van der Waals surface area contributed by atoms with Crippen molar-refractivity contribution in [2.45, 2.75) is 20.3 Å². The molecule has 0 fully saturated rings. The SMILES string of the molecule is CCc1nsc(NCCNC(=O)c2cccc(C)c2)n1. The highest BCUT2D eigenvalue weighted by Crippen LogP contribution is 2.10. The van der Waals surface area contributed by atoms with Crippen LogP contribution in [0.3, 0.4) is 0 Å². The predicted molar refractivity (Wildman–Crippen MR) is 81.3 cm³/mol. The van der Waals surface area contributed by atoms with Crippen LogP contribution in [0.1, 0.15) is 28.7 Å². The van der Waals surface area contributed by atoms with Crippen LogP contribution in [0.2, 0.25) is 0 Å². The standard InChI is InChI=1S/C14H18N4OS/c1-3-12-17-14(20-18-12)16-8-7-15-13(19)11-6-4-5-10(2)9-11/h4-6,9H,3,7-8H2,1-2H3,(H,15,19)(H,16,17,18). The van der Waals surface area contributed by atoms with E-state index in [2.05, 4.69) is 20.0 Å². The number of aromatic nitrogens is 2. The average molecular weight is 290 g/mol. The van der Waals surface area contributed by atoms with E-state index in [-0.39, 0.29) is 5.91 Å². The summed E-state index contributed by atoms with van der Waals surface area (Å²) in [5, 5.41) is 6.82. The van der Waals surface area contributed by atoms with E-state index in [1.54, 1.807) is 0 Å². The van der Waals surface area contributed by atoms with Crippen molar-refractivity contribution in [1.82, 2.24) is 14.7 Å². The second-order valence-electron chi connectivity index (χ2n) is 4.42. The van der Waals surface area contributed by atoms with Crippen LogP contribution in [0, 0.1) is 6.92 Å². The zero-order chi connectivity index (χ0) is 14.4. The normalized spacial score (nSPS) is 10.3. The molecule has 0 saturated carbocycles. The van der Waals surface area contributed by atoms with Crippen molar-refractivity contribution < 1.29 is 4.79 Å². The van der Waals surface area contributed by atoms with Gasteiger partial charge in [-0.2, -0.15) is 4.37 Å². The van der Waals surface area contributed by atoms with Crippen LogP contribution in [-0.4, -0.2) is 28.4 Å². The zero-order valence-electron chi connectivity index (χ0n) is 11.6. The number of amides is 1. The van der Waals surface area contributed by atoms with Crippen molar-refractivity contribution in [3.05, 3.63) is 41.2 Å². The van der Waals surface area contributed by atoms with Crippen molar-refractivity contribution >= 4 is 22.6 Å². The summed E-state index contributed by atoms with van der Waals surface area (Å²) in [6.45, 7) is 5.18. The topological polar surface area (TPSA) is 66.9 Å². The number of nitrogens with zero attached hydrogens (tertiary/aromatic N) is 2. The van der Waals surface area contributed by atoms with Crippen LogP contribution in [0.5, 0.6) is 0 Å². The van der Waals surface area contributed by atoms with Crippen LogP contribution >= 0.6 is 11.5 Å². The highest BCUT2D eigenvalue weighted by Gasteiger charge is 2.05. The van der Waals surface area contributed by atoms with Crippen molar-refractivity contribution in [3.8, 4) is 0 Å². The largest absolute Gasteiger partial charge is 0.359 e. The second-order valence-corrected chi connectivity index (χ2v) is 5.17. The van der Waals surface area contributed by atoms with Gasteiger partial charge in [0.2, 0.25) is 5.13 Å². The molecule has 0 aliphatic rings. The summed E-state index contributed by atoms with van der Waals surface area (Å²) in [5.41, 5.74) is 1.77. The number of benzene rings is 1. The Morgan fingerprint density at radius 1 is 1.35 bits per heavy atom. The molecule has 0 bridgehead atoms. The van der Waals surface area contributed by atoms with Gasteiger partial charge in [0, 0.05) is 36.6 Å². The highest BCUT2D eigenvalue weighted by atomic mass is 32.1. The molecule has 0 spiro atoms. The fourth-order valence-corrected chi connectivity index (χ4v) is 2.38. The maximum atomic E-state index is 11.9. The lowest BCUT2D eigenvalue weighted by atomic mass is 10.1. The molecule has 0 atom stereocenters. The van der Waals surface area contributed by atoms with Gasteiger partial charge in [0.15, 0.2) is 0 Å². The van der Waals surface area contributed by atoms with Crippen LogP contribution < -0.4 is 10.6 Å². The van der Waals surface area contributed by atoms with Gasteiger partial charge >= 0.3 is 0 Å². The molecule has 2 aromatic rings. The van der Waals surface area contributed by atoms with Crippen molar-refractivity contribution in [2.75, 3.05) is 18.4 Å². The van der Waals surface area contributed by atoms with Gasteiger partial charge in [0.25, 0.3) is 5.91 Å². The van der Waals surface area contributed by atoms with E-state index in [9.17, 15) is 4.79 Å². The van der Waals surface area contributed by atoms with Crippen LogP contribution in [0.25, 0.3) is 0 Å². The maximum absolute atomic E-state index is 11.9. The van der Waals surface area contributed by atoms with E-state index in [0.29, 0.717) is 18.7 Å². The number of nitrogens with one attached hydrogen (secondary N) is 2. The minimum atomic E-state index is -0.0537. The van der Waals surface area contributed by atoms with Gasteiger partial charge in [-0.15, -0.1) is 0 Å². The summed E-state index contributed by atoms with van der Waals surface area (Å²) in [6.07, 6.45) is 0.836. The summed E-state index contributed by atoms with van der Waals surface area (Å²) in [4.78, 5) is 16.2. The van der Waals surface area contributed by atoms with Gasteiger partial charge in [-0.25, -0.2) is 4.98 Å². The summed E-state index contributed by atoms with van der Waals surface area (Å²) < 4.78 is 4.19. The molecule has 20 heavy (non-hydrogen) atoms. The molecule has 1 amide bonds. The van der Waals surface area contributed by atoms with E-state index in [4.69, 9.17) is 0 Å². The molecule has 1 aromatic carbocycles. The zero-order valence-corrected chi connectivity index (χ0v) is 12.5. The molecule has 106 valence electrons. The molecule has 0 aliphatic heterocycles. The van der Waals surface area contributed by atoms with E-state index in [1.807, 2.05) is 38.1 Å². The van der Waals surface area contributed by atoms with Crippen LogP contribution in [-0.2, 0) is 6.42 Å². The number of anilines is 1. The van der Waals surface area contributed by atoms with Crippen molar-refractivity contribution in [1.29, 1.82) is 0 Å². The van der Waals surface area contributed by atoms with E-state index >= 15 is 0 Å². The first-order chi connectivity index (χ1) is 9.69. The summed E-state index contributed by atoms with van der Waals surface area (Å²) in [6, 6.07) is 7.55. The number of aryl methyl sites for hydroxylation is 2. The Kier molecular flexibility index (Phi) is 5.06. The molecule has 0 radical (unpaired) electrons. The molecule has 0 unspecified atom stereocenters.